The first-order valence-electron chi connectivity index (χ1n) is 8.48. The highest BCUT2D eigenvalue weighted by Gasteiger charge is 2.21. The Morgan fingerprint density at radius 2 is 1.68 bits per heavy atom. The second kappa shape index (κ2) is 8.39. The molecule has 0 saturated heterocycles. The van der Waals surface area contributed by atoms with E-state index in [1.165, 1.54) is 37.3 Å². The van der Waals surface area contributed by atoms with E-state index in [0.29, 0.717) is 22.8 Å². The Bertz CT molecular complexity index is 963. The molecular formula is C21H18FNO5. The average Bonchev–Trinajstić information content (AvgIpc) is 3.19. The fourth-order valence-corrected chi connectivity index (χ4v) is 2.41. The van der Waals surface area contributed by atoms with Crippen LogP contribution in [0.15, 0.2) is 65.1 Å². The number of carbonyl (C=O) groups is 2. The van der Waals surface area contributed by atoms with E-state index in [-0.39, 0.29) is 11.6 Å². The first kappa shape index (κ1) is 19.2. The fraction of sp³-hybridized carbons (Fsp3) is 0.143. The van der Waals surface area contributed by atoms with E-state index in [4.69, 9.17) is 13.9 Å². The number of nitrogens with one attached hydrogen (secondary N) is 1. The number of hydrogen-bond acceptors (Lipinski definition) is 5. The number of hydrogen-bond donors (Lipinski definition) is 1. The van der Waals surface area contributed by atoms with Crippen LogP contribution in [-0.4, -0.2) is 25.1 Å². The zero-order valence-electron chi connectivity index (χ0n) is 15.3. The summed E-state index contributed by atoms with van der Waals surface area (Å²) in [4.78, 5) is 24.4. The number of carbonyl (C=O) groups excluding carboxylic acids is 2. The molecule has 0 spiro atoms. The summed E-state index contributed by atoms with van der Waals surface area (Å²) in [5.74, 6) is -0.626. The number of anilines is 1. The van der Waals surface area contributed by atoms with Crippen LogP contribution in [0.3, 0.4) is 0 Å². The molecule has 2 aromatic carbocycles. The van der Waals surface area contributed by atoms with Gasteiger partial charge >= 0.3 is 5.97 Å². The summed E-state index contributed by atoms with van der Waals surface area (Å²) in [7, 11) is 1.55. The quantitative estimate of drug-likeness (QED) is 0.643. The maximum absolute atomic E-state index is 13.0. The van der Waals surface area contributed by atoms with Gasteiger partial charge in [0.05, 0.1) is 7.11 Å². The second-order valence-electron chi connectivity index (χ2n) is 5.94. The van der Waals surface area contributed by atoms with Gasteiger partial charge in [0, 0.05) is 11.3 Å². The molecule has 1 atom stereocenters. The third-order valence-corrected chi connectivity index (χ3v) is 3.95. The molecule has 7 heteroatoms. The van der Waals surface area contributed by atoms with Crippen molar-refractivity contribution in [3.8, 4) is 17.1 Å². The fourth-order valence-electron chi connectivity index (χ4n) is 2.41. The normalized spacial score (nSPS) is 11.5. The monoisotopic (exact) mass is 383 g/mol. The summed E-state index contributed by atoms with van der Waals surface area (Å²) in [6, 6.07) is 15.4. The second-order valence-corrected chi connectivity index (χ2v) is 5.94. The molecule has 0 saturated carbocycles. The average molecular weight is 383 g/mol. The number of furan rings is 1. The van der Waals surface area contributed by atoms with Crippen molar-refractivity contribution in [1.29, 1.82) is 0 Å². The van der Waals surface area contributed by atoms with Gasteiger partial charge < -0.3 is 19.2 Å². The molecule has 0 fully saturated rings. The van der Waals surface area contributed by atoms with Crippen molar-refractivity contribution >= 4 is 17.6 Å². The van der Waals surface area contributed by atoms with Crippen molar-refractivity contribution in [2.24, 2.45) is 0 Å². The third kappa shape index (κ3) is 4.56. The Balaban J connectivity index is 1.60. The van der Waals surface area contributed by atoms with Crippen molar-refractivity contribution in [2.75, 3.05) is 12.4 Å². The summed E-state index contributed by atoms with van der Waals surface area (Å²) < 4.78 is 28.7. The molecule has 0 aliphatic heterocycles. The summed E-state index contributed by atoms with van der Waals surface area (Å²) in [5.41, 5.74) is 1.16. The van der Waals surface area contributed by atoms with E-state index >= 15 is 0 Å². The molecule has 144 valence electrons. The molecular weight excluding hydrogens is 365 g/mol. The van der Waals surface area contributed by atoms with Gasteiger partial charge in [0.25, 0.3) is 5.91 Å². The predicted octanol–water partition coefficient (Wildman–Crippen LogP) is 4.28. The highest BCUT2D eigenvalue weighted by Crippen LogP contribution is 2.23. The smallest absolute Gasteiger partial charge is 0.375 e. The van der Waals surface area contributed by atoms with E-state index in [1.807, 2.05) is 0 Å². The van der Waals surface area contributed by atoms with Crippen molar-refractivity contribution in [3.05, 3.63) is 72.2 Å². The lowest BCUT2D eigenvalue weighted by Crippen LogP contribution is -2.29. The van der Waals surface area contributed by atoms with E-state index in [0.717, 1.165) is 0 Å². The molecule has 28 heavy (non-hydrogen) atoms. The van der Waals surface area contributed by atoms with E-state index in [9.17, 15) is 14.0 Å². The summed E-state index contributed by atoms with van der Waals surface area (Å²) in [5, 5.41) is 2.65. The van der Waals surface area contributed by atoms with Gasteiger partial charge in [-0.1, -0.05) is 0 Å². The number of methoxy groups -OCH3 is 1. The lowest BCUT2D eigenvalue weighted by atomic mass is 10.2. The van der Waals surface area contributed by atoms with Crippen LogP contribution in [0.4, 0.5) is 10.1 Å². The van der Waals surface area contributed by atoms with Crippen LogP contribution >= 0.6 is 0 Å². The minimum atomic E-state index is -1.03. The Hall–Kier alpha value is -3.61. The van der Waals surface area contributed by atoms with Gasteiger partial charge in [0.15, 0.2) is 6.10 Å². The predicted molar refractivity (Wildman–Crippen MR) is 101 cm³/mol. The van der Waals surface area contributed by atoms with Gasteiger partial charge in [-0.3, -0.25) is 4.79 Å². The molecule has 0 radical (unpaired) electrons. The minimum Gasteiger partial charge on any atom is -0.497 e. The number of halogens is 1. The largest absolute Gasteiger partial charge is 0.497 e. The molecule has 0 unspecified atom stereocenters. The number of ether oxygens (including phenoxy) is 2. The molecule has 1 heterocycles. The molecule has 1 aromatic heterocycles. The van der Waals surface area contributed by atoms with Crippen LogP contribution in [0.25, 0.3) is 11.3 Å². The van der Waals surface area contributed by atoms with Crippen LogP contribution < -0.4 is 10.1 Å². The van der Waals surface area contributed by atoms with Gasteiger partial charge in [-0.25, -0.2) is 9.18 Å². The van der Waals surface area contributed by atoms with Crippen molar-refractivity contribution in [3.63, 3.8) is 0 Å². The van der Waals surface area contributed by atoms with Crippen LogP contribution in [0.2, 0.25) is 0 Å². The zero-order valence-corrected chi connectivity index (χ0v) is 15.3. The van der Waals surface area contributed by atoms with E-state index in [1.54, 1.807) is 37.4 Å². The zero-order chi connectivity index (χ0) is 20.1. The summed E-state index contributed by atoms with van der Waals surface area (Å²) in [6.45, 7) is 1.46. The Morgan fingerprint density at radius 1 is 1.00 bits per heavy atom. The Kier molecular flexibility index (Phi) is 5.74. The van der Waals surface area contributed by atoms with Crippen molar-refractivity contribution < 1.29 is 27.9 Å². The third-order valence-electron chi connectivity index (χ3n) is 3.95. The maximum Gasteiger partial charge on any atom is 0.375 e. The molecule has 1 amide bonds. The molecule has 1 N–H and O–H groups in total. The van der Waals surface area contributed by atoms with E-state index < -0.39 is 18.0 Å². The lowest BCUT2D eigenvalue weighted by Gasteiger charge is -2.13. The molecule has 0 aliphatic rings. The highest BCUT2D eigenvalue weighted by atomic mass is 19.1. The number of esters is 1. The molecule has 0 bridgehead atoms. The van der Waals surface area contributed by atoms with Crippen LogP contribution in [0.5, 0.6) is 5.75 Å². The summed E-state index contributed by atoms with van der Waals surface area (Å²) in [6.07, 6.45) is -1.03. The van der Waals surface area contributed by atoms with Gasteiger partial charge in [-0.2, -0.15) is 0 Å². The molecule has 0 aliphatic carbocycles. The van der Waals surface area contributed by atoms with E-state index in [2.05, 4.69) is 5.32 Å². The Labute approximate surface area is 160 Å². The highest BCUT2D eigenvalue weighted by molar-refractivity contribution is 5.96. The summed E-state index contributed by atoms with van der Waals surface area (Å²) >= 11 is 0. The minimum absolute atomic E-state index is 0.0524. The SMILES string of the molecule is COc1ccc(NC(=O)[C@@H](C)OC(=O)c2ccc(-c3ccc(F)cc3)o2)cc1. The van der Waals surface area contributed by atoms with Crippen LogP contribution in [0.1, 0.15) is 17.5 Å². The van der Waals surface area contributed by atoms with Crippen molar-refractivity contribution in [2.45, 2.75) is 13.0 Å². The number of rotatable bonds is 6. The maximum atomic E-state index is 13.0. The van der Waals surface area contributed by atoms with Gasteiger partial charge in [0.1, 0.15) is 17.3 Å². The first-order chi connectivity index (χ1) is 13.5. The van der Waals surface area contributed by atoms with Crippen LogP contribution in [-0.2, 0) is 9.53 Å². The Morgan fingerprint density at radius 3 is 2.32 bits per heavy atom. The number of amides is 1. The molecule has 3 aromatic rings. The van der Waals surface area contributed by atoms with Gasteiger partial charge in [-0.15, -0.1) is 0 Å². The molecule has 6 nitrogen and oxygen atoms in total. The first-order valence-corrected chi connectivity index (χ1v) is 8.48. The topological polar surface area (TPSA) is 77.8 Å². The molecule has 3 rings (SSSR count). The van der Waals surface area contributed by atoms with Crippen molar-refractivity contribution in [1.82, 2.24) is 0 Å². The lowest BCUT2D eigenvalue weighted by molar-refractivity contribution is -0.123. The van der Waals surface area contributed by atoms with Crippen LogP contribution in [0, 0.1) is 5.82 Å². The van der Waals surface area contributed by atoms with Gasteiger partial charge in [0.2, 0.25) is 5.76 Å². The standard InChI is InChI=1S/C21H18FNO5/c1-13(20(24)23-16-7-9-17(26-2)10-8-16)27-21(25)19-12-11-18(28-19)14-3-5-15(22)6-4-14/h3-13H,1-2H3,(H,23,24)/t13-/m1/s1. The van der Waals surface area contributed by atoms with Gasteiger partial charge in [-0.05, 0) is 67.6 Å². The number of benzene rings is 2.